The molecule has 4 nitrogen and oxygen atoms in total. The third-order valence-corrected chi connectivity index (χ3v) is 12.1. The second-order valence-corrected chi connectivity index (χ2v) is 13.4. The summed E-state index contributed by atoms with van der Waals surface area (Å²) in [7, 11) is 0. The van der Waals surface area contributed by atoms with E-state index in [4.69, 9.17) is 0 Å². The number of phenolic OH excluding ortho intramolecular Hbond substituents is 2. The third-order valence-electron chi connectivity index (χ3n) is 12.1. The molecule has 7 fully saturated rings. The zero-order valence-electron chi connectivity index (χ0n) is 21.4. The van der Waals surface area contributed by atoms with E-state index < -0.39 is 0 Å². The molecule has 6 bridgehead atoms. The van der Waals surface area contributed by atoms with Crippen LogP contribution < -0.4 is 0 Å². The van der Waals surface area contributed by atoms with Crippen LogP contribution in [0, 0.1) is 36.5 Å². The zero-order valence-corrected chi connectivity index (χ0v) is 21.4. The van der Waals surface area contributed by atoms with Crippen LogP contribution in [0.3, 0.4) is 0 Å². The zero-order chi connectivity index (χ0) is 25.1. The van der Waals surface area contributed by atoms with E-state index in [-0.39, 0.29) is 33.2 Å². The van der Waals surface area contributed by atoms with E-state index in [9.17, 15) is 19.8 Å². The Kier molecular flexibility index (Phi) is 4.40. The molecule has 188 valence electrons. The van der Waals surface area contributed by atoms with E-state index >= 15 is 0 Å². The normalized spacial score (nSPS) is 39.7. The van der Waals surface area contributed by atoms with Gasteiger partial charge in [0, 0.05) is 10.8 Å². The molecule has 0 aromatic heterocycles. The van der Waals surface area contributed by atoms with Crippen LogP contribution in [0.4, 0.5) is 0 Å². The average molecular weight is 485 g/mol. The van der Waals surface area contributed by atoms with Crippen LogP contribution in [0.5, 0.6) is 11.5 Å². The Morgan fingerprint density at radius 2 is 1.08 bits per heavy atom. The Morgan fingerprint density at radius 3 is 1.44 bits per heavy atom. The van der Waals surface area contributed by atoms with Crippen molar-refractivity contribution in [2.45, 2.75) is 88.9 Å². The molecule has 4 heteroatoms. The summed E-state index contributed by atoms with van der Waals surface area (Å²) in [6, 6.07) is 8.38. The first-order valence-electron chi connectivity index (χ1n) is 13.8. The van der Waals surface area contributed by atoms with Crippen molar-refractivity contribution in [3.8, 4) is 11.5 Å². The van der Waals surface area contributed by atoms with Gasteiger partial charge in [-0.25, -0.2) is 0 Å². The monoisotopic (exact) mass is 484 g/mol. The molecule has 2 aromatic rings. The minimum Gasteiger partial charge on any atom is -0.507 e. The number of aryl methyl sites for hydroxylation is 2. The van der Waals surface area contributed by atoms with Crippen molar-refractivity contribution in [3.63, 3.8) is 0 Å². The summed E-state index contributed by atoms with van der Waals surface area (Å²) < 4.78 is 0. The fraction of sp³-hybridized carbons (Fsp3) is 0.562. The quantitative estimate of drug-likeness (QED) is 0.474. The summed E-state index contributed by atoms with van der Waals surface area (Å²) in [5, 5.41) is 21.1. The molecule has 0 saturated heterocycles. The topological polar surface area (TPSA) is 74.6 Å². The van der Waals surface area contributed by atoms with Gasteiger partial charge in [0.2, 0.25) is 0 Å². The highest BCUT2D eigenvalue weighted by molar-refractivity contribution is 5.81. The number of rotatable bonds is 4. The van der Waals surface area contributed by atoms with Gasteiger partial charge in [0.25, 0.3) is 0 Å². The highest BCUT2D eigenvalue weighted by atomic mass is 16.3. The maximum absolute atomic E-state index is 11.9. The Hall–Kier alpha value is -2.62. The highest BCUT2D eigenvalue weighted by Crippen LogP contribution is 2.81. The van der Waals surface area contributed by atoms with Crippen LogP contribution in [0.2, 0.25) is 0 Å². The molecule has 0 radical (unpaired) electrons. The molecule has 7 saturated carbocycles. The van der Waals surface area contributed by atoms with Crippen LogP contribution in [-0.2, 0) is 10.8 Å². The van der Waals surface area contributed by atoms with Crippen LogP contribution in [-0.4, -0.2) is 22.8 Å². The van der Waals surface area contributed by atoms with Gasteiger partial charge in [-0.3, -0.25) is 9.59 Å². The number of phenols is 2. The molecule has 9 rings (SSSR count). The second kappa shape index (κ2) is 7.02. The van der Waals surface area contributed by atoms with Crippen molar-refractivity contribution in [2.24, 2.45) is 22.7 Å². The molecule has 0 atom stereocenters. The van der Waals surface area contributed by atoms with Gasteiger partial charge in [-0.15, -0.1) is 0 Å². The van der Waals surface area contributed by atoms with Crippen molar-refractivity contribution >= 4 is 12.6 Å². The van der Waals surface area contributed by atoms with Gasteiger partial charge in [0.15, 0.2) is 12.6 Å². The van der Waals surface area contributed by atoms with Gasteiger partial charge in [-0.1, -0.05) is 12.1 Å². The molecular formula is C32H36O4. The largest absolute Gasteiger partial charge is 0.507 e. The van der Waals surface area contributed by atoms with Gasteiger partial charge in [-0.2, -0.15) is 0 Å². The van der Waals surface area contributed by atoms with Gasteiger partial charge < -0.3 is 10.2 Å². The molecule has 36 heavy (non-hydrogen) atoms. The van der Waals surface area contributed by atoms with E-state index in [1.165, 1.54) is 49.7 Å². The smallest absolute Gasteiger partial charge is 0.153 e. The summed E-state index contributed by atoms with van der Waals surface area (Å²) in [5.41, 5.74) is 5.48. The molecule has 0 amide bonds. The Bertz CT molecular complexity index is 1200. The van der Waals surface area contributed by atoms with Crippen molar-refractivity contribution in [2.75, 3.05) is 0 Å². The lowest BCUT2D eigenvalue weighted by Crippen LogP contribution is -2.59. The fourth-order valence-corrected chi connectivity index (χ4v) is 11.1. The summed E-state index contributed by atoms with van der Waals surface area (Å²) in [4.78, 5) is 23.8. The molecule has 2 spiro atoms. The van der Waals surface area contributed by atoms with E-state index in [2.05, 4.69) is 12.1 Å². The van der Waals surface area contributed by atoms with Gasteiger partial charge >= 0.3 is 0 Å². The summed E-state index contributed by atoms with van der Waals surface area (Å²) >= 11 is 0. The Labute approximate surface area is 213 Å². The lowest BCUT2D eigenvalue weighted by atomic mass is 9.37. The van der Waals surface area contributed by atoms with Crippen molar-refractivity contribution in [3.05, 3.63) is 57.6 Å². The number of hydrogen-bond acceptors (Lipinski definition) is 4. The number of carbonyl (C=O) groups is 2. The van der Waals surface area contributed by atoms with Crippen LogP contribution >= 0.6 is 0 Å². The van der Waals surface area contributed by atoms with Crippen molar-refractivity contribution < 1.29 is 19.8 Å². The van der Waals surface area contributed by atoms with Crippen LogP contribution in [0.15, 0.2) is 24.3 Å². The van der Waals surface area contributed by atoms with Crippen LogP contribution in [0.25, 0.3) is 0 Å². The number of carbonyl (C=O) groups excluding carboxylic acids is 2. The number of hydrogen-bond donors (Lipinski definition) is 2. The Morgan fingerprint density at radius 1 is 0.694 bits per heavy atom. The number of aldehydes is 2. The standard InChI is InChI=1S/C32H36O4/c1-19-7-25(10-23(16-33)27(19)35)31-3-5-32(6-4-31,26-8-20(2)28(36)24(11-26)17-34)30-14-21-9-22(15-30)13-29(31,12-21)18-30/h7-8,10-11,16-17,21-22,35-36H,3-6,9,12-15,18H2,1-2H3. The summed E-state index contributed by atoms with van der Waals surface area (Å²) in [5.74, 6) is 1.72. The predicted molar refractivity (Wildman–Crippen MR) is 138 cm³/mol. The molecule has 0 aliphatic heterocycles. The second-order valence-electron chi connectivity index (χ2n) is 13.4. The summed E-state index contributed by atoms with van der Waals surface area (Å²) in [6.45, 7) is 3.85. The van der Waals surface area contributed by atoms with Gasteiger partial charge in [0.05, 0.1) is 11.1 Å². The molecular weight excluding hydrogens is 448 g/mol. The molecule has 0 unspecified atom stereocenters. The van der Waals surface area contributed by atoms with E-state index in [1.807, 2.05) is 26.0 Å². The molecule has 2 N–H and O–H groups in total. The fourth-order valence-electron chi connectivity index (χ4n) is 11.1. The van der Waals surface area contributed by atoms with E-state index in [0.29, 0.717) is 11.1 Å². The van der Waals surface area contributed by atoms with Crippen molar-refractivity contribution in [1.82, 2.24) is 0 Å². The molecule has 0 heterocycles. The number of fused-ring (bicyclic) bond motifs is 2. The average Bonchev–Trinajstić information content (AvgIpc) is 2.94. The Balaban J connectivity index is 1.47. The maximum Gasteiger partial charge on any atom is 0.153 e. The molecule has 7 aliphatic rings. The number of benzene rings is 2. The minimum atomic E-state index is 0.0195. The first-order valence-corrected chi connectivity index (χ1v) is 13.8. The summed E-state index contributed by atoms with van der Waals surface area (Å²) in [6.07, 6.45) is 13.6. The maximum atomic E-state index is 11.9. The van der Waals surface area contributed by atoms with E-state index in [0.717, 1.165) is 61.2 Å². The van der Waals surface area contributed by atoms with Gasteiger partial charge in [-0.05, 0) is 135 Å². The van der Waals surface area contributed by atoms with Crippen molar-refractivity contribution in [1.29, 1.82) is 0 Å². The minimum absolute atomic E-state index is 0.0195. The number of aromatic hydroxyl groups is 2. The lowest BCUT2D eigenvalue weighted by molar-refractivity contribution is -0.144. The van der Waals surface area contributed by atoms with E-state index in [1.54, 1.807) is 0 Å². The SMILES string of the molecule is Cc1cc(C23CCC(c4cc(C)c(O)c(C=O)c4)(CC2)C24CC5CC(CC3(C5)C2)C4)cc(C=O)c1O. The lowest BCUT2D eigenvalue weighted by Gasteiger charge is -2.67. The third kappa shape index (κ3) is 2.51. The highest BCUT2D eigenvalue weighted by Gasteiger charge is 2.73. The van der Waals surface area contributed by atoms with Gasteiger partial charge in [0.1, 0.15) is 11.5 Å². The first kappa shape index (κ1) is 22.6. The van der Waals surface area contributed by atoms with Crippen LogP contribution in [0.1, 0.15) is 107 Å². The first-order chi connectivity index (χ1) is 17.2. The molecule has 7 aliphatic carbocycles. The molecule has 2 aromatic carbocycles. The predicted octanol–water partition coefficient (Wildman–Crippen LogP) is 6.69.